The number of hydrogen-bond donors (Lipinski definition) is 2. The van der Waals surface area contributed by atoms with Crippen molar-refractivity contribution in [2.24, 2.45) is 0 Å². The van der Waals surface area contributed by atoms with E-state index >= 15 is 0 Å². The number of allylic oxidation sites excluding steroid dienone is 3. The molecule has 0 amide bonds. The van der Waals surface area contributed by atoms with E-state index in [2.05, 4.69) is 19.9 Å². The van der Waals surface area contributed by atoms with E-state index in [0.717, 1.165) is 18.4 Å². The predicted octanol–water partition coefficient (Wildman–Crippen LogP) is 3.75. The van der Waals surface area contributed by atoms with Crippen LogP contribution in [0.25, 0.3) is 0 Å². The van der Waals surface area contributed by atoms with Crippen LogP contribution in [0.5, 0.6) is 17.2 Å². The summed E-state index contributed by atoms with van der Waals surface area (Å²) in [5.74, 6) is -0.786. The molecular formula is C20H28O6. The largest absolute Gasteiger partial charge is 0.507 e. The number of carbonyl (C=O) groups is 1. The molecule has 26 heavy (non-hydrogen) atoms. The van der Waals surface area contributed by atoms with Crippen LogP contribution in [0.3, 0.4) is 0 Å². The minimum Gasteiger partial charge on any atom is -0.507 e. The number of hydrogen-bond acceptors (Lipinski definition) is 6. The first kappa shape index (κ1) is 21.6. The first-order valence-electron chi connectivity index (χ1n) is 8.39. The lowest BCUT2D eigenvalue weighted by atomic mass is 10.1. The Hall–Kier alpha value is -2.47. The lowest BCUT2D eigenvalue weighted by molar-refractivity contribution is 0.0592. The average Bonchev–Trinajstić information content (AvgIpc) is 2.60. The third kappa shape index (κ3) is 5.81. The fourth-order valence-corrected chi connectivity index (χ4v) is 2.41. The van der Waals surface area contributed by atoms with Gasteiger partial charge in [0.25, 0.3) is 0 Å². The van der Waals surface area contributed by atoms with E-state index in [0.29, 0.717) is 0 Å². The van der Waals surface area contributed by atoms with Gasteiger partial charge in [0.2, 0.25) is 0 Å². The van der Waals surface area contributed by atoms with Gasteiger partial charge in [-0.1, -0.05) is 17.2 Å². The van der Waals surface area contributed by atoms with Crippen molar-refractivity contribution in [3.63, 3.8) is 0 Å². The molecule has 0 spiro atoms. The Morgan fingerprint density at radius 2 is 1.88 bits per heavy atom. The first-order valence-corrected chi connectivity index (χ1v) is 8.39. The molecule has 2 N–H and O–H groups in total. The molecule has 144 valence electrons. The molecule has 6 nitrogen and oxygen atoms in total. The summed E-state index contributed by atoms with van der Waals surface area (Å²) in [4.78, 5) is 12.0. The topological polar surface area (TPSA) is 85.2 Å². The third-order valence-electron chi connectivity index (χ3n) is 3.84. The third-order valence-corrected chi connectivity index (χ3v) is 3.84. The second-order valence-electron chi connectivity index (χ2n) is 6.11. The second-order valence-corrected chi connectivity index (χ2v) is 6.11. The Morgan fingerprint density at radius 3 is 2.42 bits per heavy atom. The van der Waals surface area contributed by atoms with Crippen LogP contribution in [-0.2, 0) is 11.3 Å². The number of benzene rings is 1. The van der Waals surface area contributed by atoms with Gasteiger partial charge in [-0.15, -0.1) is 0 Å². The Bertz CT molecular complexity index is 684. The van der Waals surface area contributed by atoms with Gasteiger partial charge in [-0.05, 0) is 39.7 Å². The SMILES string of the molecule is COC(=O)c1c(O)cc(OC)c(CO)c1OC/C=C(\C)CCC=C(C)C. The quantitative estimate of drug-likeness (QED) is 0.513. The van der Waals surface area contributed by atoms with Gasteiger partial charge < -0.3 is 24.4 Å². The zero-order chi connectivity index (χ0) is 19.7. The highest BCUT2D eigenvalue weighted by Gasteiger charge is 2.25. The van der Waals surface area contributed by atoms with E-state index in [4.69, 9.17) is 14.2 Å². The highest BCUT2D eigenvalue weighted by Crippen LogP contribution is 2.39. The van der Waals surface area contributed by atoms with E-state index in [9.17, 15) is 15.0 Å². The van der Waals surface area contributed by atoms with Crippen molar-refractivity contribution in [3.05, 3.63) is 40.5 Å². The molecule has 1 aromatic carbocycles. The molecule has 0 saturated heterocycles. The van der Waals surface area contributed by atoms with Crippen LogP contribution >= 0.6 is 0 Å². The summed E-state index contributed by atoms with van der Waals surface area (Å²) in [6.45, 7) is 5.89. The lowest BCUT2D eigenvalue weighted by Crippen LogP contribution is -2.10. The number of aliphatic hydroxyl groups is 1. The van der Waals surface area contributed by atoms with Gasteiger partial charge in [-0.3, -0.25) is 0 Å². The number of esters is 1. The van der Waals surface area contributed by atoms with Gasteiger partial charge in [0.15, 0.2) is 0 Å². The summed E-state index contributed by atoms with van der Waals surface area (Å²) < 4.78 is 15.6. The monoisotopic (exact) mass is 364 g/mol. The molecule has 0 aromatic heterocycles. The molecule has 0 saturated carbocycles. The second kappa shape index (κ2) is 10.5. The van der Waals surface area contributed by atoms with Crippen LogP contribution in [0.1, 0.15) is 49.5 Å². The number of phenolic OH excluding ortho intramolecular Hbond substituents is 1. The van der Waals surface area contributed by atoms with E-state index in [1.807, 2.05) is 13.0 Å². The first-order chi connectivity index (χ1) is 12.3. The molecule has 0 bridgehead atoms. The number of ether oxygens (including phenoxy) is 3. The van der Waals surface area contributed by atoms with E-state index in [1.54, 1.807) is 0 Å². The Morgan fingerprint density at radius 1 is 1.19 bits per heavy atom. The van der Waals surface area contributed by atoms with Crippen molar-refractivity contribution < 1.29 is 29.2 Å². The number of phenols is 1. The average molecular weight is 364 g/mol. The summed E-state index contributed by atoms with van der Waals surface area (Å²) in [7, 11) is 2.62. The summed E-state index contributed by atoms with van der Waals surface area (Å²) >= 11 is 0. The molecule has 6 heteroatoms. The zero-order valence-electron chi connectivity index (χ0n) is 16.1. The predicted molar refractivity (Wildman–Crippen MR) is 99.8 cm³/mol. The van der Waals surface area contributed by atoms with Gasteiger partial charge in [-0.25, -0.2) is 4.79 Å². The Labute approximate surface area is 154 Å². The number of rotatable bonds is 9. The smallest absolute Gasteiger partial charge is 0.345 e. The van der Waals surface area contributed by atoms with Crippen LogP contribution < -0.4 is 9.47 Å². The molecule has 0 fully saturated rings. The molecule has 0 heterocycles. The molecule has 0 radical (unpaired) electrons. The van der Waals surface area contributed by atoms with Gasteiger partial charge in [0, 0.05) is 6.07 Å². The fourth-order valence-electron chi connectivity index (χ4n) is 2.41. The van der Waals surface area contributed by atoms with Crippen molar-refractivity contribution >= 4 is 5.97 Å². The van der Waals surface area contributed by atoms with Crippen molar-refractivity contribution in [2.45, 2.75) is 40.2 Å². The van der Waals surface area contributed by atoms with Gasteiger partial charge in [0.1, 0.15) is 29.4 Å². The molecule has 0 unspecified atom stereocenters. The van der Waals surface area contributed by atoms with E-state index in [1.165, 1.54) is 25.9 Å². The molecule has 0 aliphatic carbocycles. The van der Waals surface area contributed by atoms with Crippen LogP contribution in [0.4, 0.5) is 0 Å². The number of methoxy groups -OCH3 is 2. The normalized spacial score (nSPS) is 11.1. The number of aromatic hydroxyl groups is 1. The van der Waals surface area contributed by atoms with Crippen LogP contribution in [0.2, 0.25) is 0 Å². The summed E-state index contributed by atoms with van der Waals surface area (Å²) in [5, 5.41) is 19.8. The van der Waals surface area contributed by atoms with E-state index < -0.39 is 12.6 Å². The highest BCUT2D eigenvalue weighted by molar-refractivity contribution is 5.96. The summed E-state index contributed by atoms with van der Waals surface area (Å²) in [5.41, 5.74) is 2.56. The van der Waals surface area contributed by atoms with Gasteiger partial charge >= 0.3 is 5.97 Å². The van der Waals surface area contributed by atoms with Crippen LogP contribution in [0.15, 0.2) is 29.4 Å². The summed E-state index contributed by atoms with van der Waals surface area (Å²) in [6.07, 6.45) is 5.91. The van der Waals surface area contributed by atoms with Crippen molar-refractivity contribution in [3.8, 4) is 17.2 Å². The van der Waals surface area contributed by atoms with Crippen LogP contribution in [-0.4, -0.2) is 37.0 Å². The maximum atomic E-state index is 12.0. The highest BCUT2D eigenvalue weighted by atomic mass is 16.5. The molecular weight excluding hydrogens is 336 g/mol. The molecule has 0 aliphatic heterocycles. The zero-order valence-corrected chi connectivity index (χ0v) is 16.1. The number of carbonyl (C=O) groups excluding carboxylic acids is 1. The Balaban J connectivity index is 3.07. The molecule has 0 atom stereocenters. The number of aliphatic hydroxyl groups excluding tert-OH is 1. The van der Waals surface area contributed by atoms with Gasteiger partial charge in [-0.2, -0.15) is 0 Å². The van der Waals surface area contributed by atoms with Crippen molar-refractivity contribution in [2.75, 3.05) is 20.8 Å². The van der Waals surface area contributed by atoms with Crippen LogP contribution in [0, 0.1) is 0 Å². The molecule has 1 aromatic rings. The minimum atomic E-state index is -0.751. The maximum Gasteiger partial charge on any atom is 0.345 e. The van der Waals surface area contributed by atoms with E-state index in [-0.39, 0.29) is 35.0 Å². The van der Waals surface area contributed by atoms with Crippen molar-refractivity contribution in [1.29, 1.82) is 0 Å². The standard InChI is InChI=1S/C20H28O6/c1-13(2)7-6-8-14(3)9-10-26-19-15(12-21)17(24-4)11-16(22)18(19)20(23)25-5/h7,9,11,21-22H,6,8,10,12H2,1-5H3/b14-9+. The maximum absolute atomic E-state index is 12.0. The molecule has 0 aliphatic rings. The lowest BCUT2D eigenvalue weighted by Gasteiger charge is -2.17. The fraction of sp³-hybridized carbons (Fsp3) is 0.450. The molecule has 1 rings (SSSR count). The minimum absolute atomic E-state index is 0.0598. The van der Waals surface area contributed by atoms with Crippen molar-refractivity contribution in [1.82, 2.24) is 0 Å². The van der Waals surface area contributed by atoms with Gasteiger partial charge in [0.05, 0.1) is 26.4 Å². The Kier molecular flexibility index (Phi) is 8.72. The summed E-state index contributed by atoms with van der Waals surface area (Å²) in [6, 6.07) is 1.26.